The first-order valence-corrected chi connectivity index (χ1v) is 10.5. The lowest BCUT2D eigenvalue weighted by Crippen LogP contribution is -2.29. The summed E-state index contributed by atoms with van der Waals surface area (Å²) in [5.74, 6) is -2.16. The van der Waals surface area contributed by atoms with Gasteiger partial charge in [0.1, 0.15) is 17.6 Å². The molecule has 1 aromatic heterocycles. The molecule has 6 heteroatoms. The van der Waals surface area contributed by atoms with Crippen LogP contribution in [0.4, 0.5) is 4.39 Å². The number of halogens is 1. The zero-order valence-electron chi connectivity index (χ0n) is 17.5. The lowest BCUT2D eigenvalue weighted by molar-refractivity contribution is -0.140. The fourth-order valence-corrected chi connectivity index (χ4v) is 4.25. The van der Waals surface area contributed by atoms with Crippen LogP contribution >= 0.6 is 0 Å². The Labute approximate surface area is 189 Å². The fourth-order valence-electron chi connectivity index (χ4n) is 4.25. The van der Waals surface area contributed by atoms with Gasteiger partial charge < -0.3 is 10.0 Å². The number of nitrogens with zero attached hydrogens (tertiary/aromatic N) is 2. The van der Waals surface area contributed by atoms with E-state index in [-0.39, 0.29) is 17.9 Å². The predicted molar refractivity (Wildman–Crippen MR) is 122 cm³/mol. The molecule has 1 N–H and O–H groups in total. The number of pyridine rings is 1. The van der Waals surface area contributed by atoms with Gasteiger partial charge in [-0.1, -0.05) is 60.7 Å². The Kier molecular flexibility index (Phi) is 5.18. The molecule has 3 aromatic carbocycles. The number of amides is 1. The molecule has 1 aliphatic rings. The monoisotopic (exact) mass is 438 g/mol. The number of aromatic nitrogens is 1. The highest BCUT2D eigenvalue weighted by Gasteiger charge is 2.46. The molecule has 0 aliphatic carbocycles. The van der Waals surface area contributed by atoms with Crippen LogP contribution in [-0.4, -0.2) is 26.7 Å². The molecule has 1 fully saturated rings. The lowest BCUT2D eigenvalue weighted by atomic mass is 9.95. The predicted octanol–water partition coefficient (Wildman–Crippen LogP) is 5.00. The quantitative estimate of drug-likeness (QED) is 0.277. The number of fused-ring (bicyclic) bond motifs is 1. The van der Waals surface area contributed by atoms with Gasteiger partial charge in [-0.15, -0.1) is 0 Å². The van der Waals surface area contributed by atoms with E-state index in [9.17, 15) is 19.1 Å². The van der Waals surface area contributed by atoms with Gasteiger partial charge >= 0.3 is 0 Å². The first kappa shape index (κ1) is 20.6. The second kappa shape index (κ2) is 8.31. The number of aliphatic hydroxyl groups is 1. The number of ketones is 1. The lowest BCUT2D eigenvalue weighted by Gasteiger charge is -2.24. The van der Waals surface area contributed by atoms with Gasteiger partial charge in [-0.05, 0) is 40.6 Å². The zero-order chi connectivity index (χ0) is 22.9. The molecule has 1 aliphatic heterocycles. The highest BCUT2D eigenvalue weighted by molar-refractivity contribution is 6.46. The summed E-state index contributed by atoms with van der Waals surface area (Å²) in [5.41, 5.74) is 1.57. The second-order valence-electron chi connectivity index (χ2n) is 7.83. The second-order valence-corrected chi connectivity index (χ2v) is 7.83. The van der Waals surface area contributed by atoms with Gasteiger partial charge in [-0.2, -0.15) is 0 Å². The summed E-state index contributed by atoms with van der Waals surface area (Å²) in [7, 11) is 0. The van der Waals surface area contributed by atoms with E-state index >= 15 is 0 Å². The van der Waals surface area contributed by atoms with Crippen molar-refractivity contribution in [2.45, 2.75) is 12.6 Å². The summed E-state index contributed by atoms with van der Waals surface area (Å²) in [4.78, 5) is 32.0. The highest BCUT2D eigenvalue weighted by atomic mass is 19.1. The van der Waals surface area contributed by atoms with Crippen LogP contribution in [0.25, 0.3) is 16.5 Å². The van der Waals surface area contributed by atoms with Crippen molar-refractivity contribution in [3.05, 3.63) is 119 Å². The maximum absolute atomic E-state index is 13.4. The van der Waals surface area contributed by atoms with Gasteiger partial charge in [-0.25, -0.2) is 4.39 Å². The third-order valence-corrected chi connectivity index (χ3v) is 5.82. The van der Waals surface area contributed by atoms with Crippen molar-refractivity contribution >= 4 is 28.2 Å². The summed E-state index contributed by atoms with van der Waals surface area (Å²) in [5, 5.41) is 13.0. The van der Waals surface area contributed by atoms with E-state index < -0.39 is 23.5 Å². The summed E-state index contributed by atoms with van der Waals surface area (Å²) < 4.78 is 13.4. The number of rotatable bonds is 4. The maximum Gasteiger partial charge on any atom is 0.296 e. The SMILES string of the molecule is O=C1C(=O)N(Cc2ccc(F)cc2)C(c2ccccn2)/C1=C(/O)c1cccc2ccccc12. The molecular formula is C27H19FN2O3. The van der Waals surface area contributed by atoms with Crippen molar-refractivity contribution in [2.75, 3.05) is 0 Å². The van der Waals surface area contributed by atoms with E-state index in [2.05, 4.69) is 4.98 Å². The number of carbonyl (C=O) groups excluding carboxylic acids is 2. The van der Waals surface area contributed by atoms with E-state index in [0.29, 0.717) is 16.8 Å². The number of carbonyl (C=O) groups is 2. The maximum atomic E-state index is 13.4. The average Bonchev–Trinajstić information content (AvgIpc) is 3.10. The Morgan fingerprint density at radius 3 is 2.39 bits per heavy atom. The number of hydrogen-bond acceptors (Lipinski definition) is 4. The minimum absolute atomic E-state index is 0.0165. The van der Waals surface area contributed by atoms with Crippen LogP contribution in [0.1, 0.15) is 22.9 Å². The minimum Gasteiger partial charge on any atom is -0.507 e. The molecule has 2 heterocycles. The smallest absolute Gasteiger partial charge is 0.296 e. The first-order chi connectivity index (χ1) is 16.0. The van der Waals surface area contributed by atoms with Gasteiger partial charge in [0.05, 0.1) is 11.3 Å². The largest absolute Gasteiger partial charge is 0.507 e. The van der Waals surface area contributed by atoms with E-state index in [0.717, 1.165) is 10.8 Å². The third-order valence-electron chi connectivity index (χ3n) is 5.82. The Morgan fingerprint density at radius 1 is 0.909 bits per heavy atom. The molecule has 4 aromatic rings. The van der Waals surface area contributed by atoms with Gasteiger partial charge in [0, 0.05) is 18.3 Å². The normalized spacial score (nSPS) is 17.6. The highest BCUT2D eigenvalue weighted by Crippen LogP contribution is 2.40. The topological polar surface area (TPSA) is 70.5 Å². The molecule has 5 nitrogen and oxygen atoms in total. The third kappa shape index (κ3) is 3.65. The molecule has 1 atom stereocenters. The summed E-state index contributed by atoms with van der Waals surface area (Å²) in [6.07, 6.45) is 1.57. The number of Topliss-reactive ketones (excluding diaryl/α,β-unsaturated/α-hetero) is 1. The average molecular weight is 438 g/mol. The van der Waals surface area contributed by atoms with Gasteiger partial charge in [0.15, 0.2) is 0 Å². The van der Waals surface area contributed by atoms with E-state index in [1.54, 1.807) is 48.7 Å². The molecule has 33 heavy (non-hydrogen) atoms. The van der Waals surface area contributed by atoms with Crippen molar-refractivity contribution in [1.82, 2.24) is 9.88 Å². The number of hydrogen-bond donors (Lipinski definition) is 1. The summed E-state index contributed by atoms with van der Waals surface area (Å²) in [6, 6.07) is 23.0. The van der Waals surface area contributed by atoms with E-state index in [1.165, 1.54) is 17.0 Å². The number of benzene rings is 3. The Morgan fingerprint density at radius 2 is 1.64 bits per heavy atom. The molecule has 0 spiro atoms. The fraction of sp³-hybridized carbons (Fsp3) is 0.0741. The first-order valence-electron chi connectivity index (χ1n) is 10.5. The van der Waals surface area contributed by atoms with Gasteiger partial charge in [0.25, 0.3) is 11.7 Å². The Balaban J connectivity index is 1.69. The van der Waals surface area contributed by atoms with E-state index in [4.69, 9.17) is 0 Å². The molecule has 1 amide bonds. The molecule has 1 saturated heterocycles. The van der Waals surface area contributed by atoms with Gasteiger partial charge in [-0.3, -0.25) is 14.6 Å². The molecule has 0 radical (unpaired) electrons. The van der Waals surface area contributed by atoms with Crippen molar-refractivity contribution in [1.29, 1.82) is 0 Å². The van der Waals surface area contributed by atoms with Crippen molar-refractivity contribution < 1.29 is 19.1 Å². The Hall–Kier alpha value is -4.32. The van der Waals surface area contributed by atoms with Crippen molar-refractivity contribution in [3.8, 4) is 0 Å². The molecule has 162 valence electrons. The molecule has 0 bridgehead atoms. The van der Waals surface area contributed by atoms with Crippen molar-refractivity contribution in [2.24, 2.45) is 0 Å². The van der Waals surface area contributed by atoms with Gasteiger partial charge in [0.2, 0.25) is 0 Å². The summed E-state index contributed by atoms with van der Waals surface area (Å²) in [6.45, 7) is 0.0679. The van der Waals surface area contributed by atoms with E-state index in [1.807, 2.05) is 30.3 Å². The number of likely N-dealkylation sites (tertiary alicyclic amines) is 1. The van der Waals surface area contributed by atoms with Crippen LogP contribution < -0.4 is 0 Å². The summed E-state index contributed by atoms with van der Waals surface area (Å²) >= 11 is 0. The number of aliphatic hydroxyl groups excluding tert-OH is 1. The standard InChI is InChI=1S/C27H19FN2O3/c28-19-13-11-17(12-14-19)16-30-24(22-10-3-4-15-29-22)23(26(32)27(30)33)25(31)21-9-5-7-18-6-1-2-8-20(18)21/h1-15,24,31H,16H2/b25-23-. The molecular weight excluding hydrogens is 419 g/mol. The van der Waals surface area contributed by atoms with Crippen LogP contribution in [0, 0.1) is 5.82 Å². The van der Waals surface area contributed by atoms with Crippen LogP contribution in [0.15, 0.2) is 96.7 Å². The zero-order valence-corrected chi connectivity index (χ0v) is 17.5. The van der Waals surface area contributed by atoms with Crippen LogP contribution in [0.5, 0.6) is 0 Å². The minimum atomic E-state index is -0.879. The van der Waals surface area contributed by atoms with Crippen molar-refractivity contribution in [3.63, 3.8) is 0 Å². The van der Waals surface area contributed by atoms with Crippen LogP contribution in [0.3, 0.4) is 0 Å². The molecule has 5 rings (SSSR count). The molecule has 0 saturated carbocycles. The Bertz CT molecular complexity index is 1390. The molecule has 1 unspecified atom stereocenters. The van der Waals surface area contributed by atoms with Crippen LogP contribution in [0.2, 0.25) is 0 Å². The van der Waals surface area contributed by atoms with Crippen LogP contribution in [-0.2, 0) is 16.1 Å².